The van der Waals surface area contributed by atoms with Gasteiger partial charge in [-0.3, -0.25) is 4.57 Å². The van der Waals surface area contributed by atoms with E-state index >= 15 is 0 Å². The fraction of sp³-hybridized carbons (Fsp3) is 0.833. The Kier molecular flexibility index (Phi) is 3.76. The van der Waals surface area contributed by atoms with Gasteiger partial charge in [-0.05, 0) is 13.8 Å². The molecule has 0 saturated carbocycles. The van der Waals surface area contributed by atoms with Gasteiger partial charge in [0.05, 0.1) is 13.2 Å². The summed E-state index contributed by atoms with van der Waals surface area (Å²) in [6.45, 7) is 4.66. The van der Waals surface area contributed by atoms with Crippen LogP contribution in [0.1, 0.15) is 13.8 Å². The Labute approximate surface area is 66.3 Å². The summed E-state index contributed by atoms with van der Waals surface area (Å²) in [5.41, 5.74) is -0.786. The molecule has 4 nitrogen and oxygen atoms in total. The van der Waals surface area contributed by atoms with E-state index in [4.69, 9.17) is 4.52 Å². The molecule has 0 heterocycles. The second kappa shape index (κ2) is 3.88. The number of ether oxygens (including phenoxy) is 1. The van der Waals surface area contributed by atoms with Crippen LogP contribution in [0, 0.1) is 0 Å². The van der Waals surface area contributed by atoms with Crippen LogP contribution in [0.3, 0.4) is 0 Å². The molecule has 0 saturated heterocycles. The maximum Gasteiger partial charge on any atom is 0.390 e. The first-order valence-electron chi connectivity index (χ1n) is 3.24. The molecule has 0 N–H and O–H groups in total. The van der Waals surface area contributed by atoms with Gasteiger partial charge in [0.1, 0.15) is 0 Å². The predicted octanol–water partition coefficient (Wildman–Crippen LogP) is 2.09. The number of hydrogen-bond donors (Lipinski definition) is 0. The molecule has 1 unspecified atom stereocenters. The monoisotopic (exact) mass is 180 g/mol. The van der Waals surface area contributed by atoms with Crippen molar-refractivity contribution in [2.45, 2.75) is 20.0 Å². The molecule has 0 fully saturated rings. The number of carbonyl (C=O) groups excluding carboxylic acids is 1. The molecule has 11 heavy (non-hydrogen) atoms. The summed E-state index contributed by atoms with van der Waals surface area (Å²) in [4.78, 5) is 10.8. The lowest BCUT2D eigenvalue weighted by atomic mass is 10.5. The molecule has 0 aliphatic heterocycles. The minimum absolute atomic E-state index is 0.232. The Morgan fingerprint density at radius 1 is 1.45 bits per heavy atom. The van der Waals surface area contributed by atoms with Gasteiger partial charge in [-0.2, -0.15) is 0 Å². The summed E-state index contributed by atoms with van der Waals surface area (Å²) in [5.74, 6) is 0. The second-order valence-electron chi connectivity index (χ2n) is 2.47. The Bertz CT molecular complexity index is 187. The fourth-order valence-electron chi connectivity index (χ4n) is 0.611. The van der Waals surface area contributed by atoms with Gasteiger partial charge in [-0.25, -0.2) is 4.79 Å². The second-order valence-corrected chi connectivity index (χ2v) is 4.74. The molecule has 0 rings (SSSR count). The summed E-state index contributed by atoms with van der Waals surface area (Å²) >= 11 is 0. The van der Waals surface area contributed by atoms with E-state index in [-0.39, 0.29) is 6.10 Å². The smallest absolute Gasteiger partial charge is 0.390 e. The van der Waals surface area contributed by atoms with E-state index in [0.717, 1.165) is 0 Å². The van der Waals surface area contributed by atoms with E-state index in [0.29, 0.717) is 0 Å². The van der Waals surface area contributed by atoms with Gasteiger partial charge in [0.2, 0.25) is 0 Å². The van der Waals surface area contributed by atoms with Crippen LogP contribution in [0.25, 0.3) is 0 Å². The summed E-state index contributed by atoms with van der Waals surface area (Å²) in [6, 6.07) is 0. The van der Waals surface area contributed by atoms with Crippen LogP contribution in [0.4, 0.5) is 4.79 Å². The average Bonchev–Trinajstić information content (AvgIpc) is 1.83. The number of methoxy groups -OCH3 is 1. The highest BCUT2D eigenvalue weighted by molar-refractivity contribution is 7.74. The van der Waals surface area contributed by atoms with Crippen LogP contribution >= 0.6 is 7.37 Å². The van der Waals surface area contributed by atoms with Gasteiger partial charge < -0.3 is 9.26 Å². The van der Waals surface area contributed by atoms with Gasteiger partial charge in [-0.1, -0.05) is 0 Å². The van der Waals surface area contributed by atoms with E-state index < -0.39 is 13.1 Å². The van der Waals surface area contributed by atoms with Gasteiger partial charge >= 0.3 is 13.1 Å². The van der Waals surface area contributed by atoms with Crippen molar-refractivity contribution < 1.29 is 18.6 Å². The number of carbonyl (C=O) groups is 1. The summed E-state index contributed by atoms with van der Waals surface area (Å²) in [7, 11) is -2.02. The molecule has 66 valence electrons. The van der Waals surface area contributed by atoms with Crippen LogP contribution in [0.2, 0.25) is 0 Å². The molecular weight excluding hydrogens is 167 g/mol. The quantitative estimate of drug-likeness (QED) is 0.624. The zero-order valence-electron chi connectivity index (χ0n) is 7.16. The first-order valence-corrected chi connectivity index (χ1v) is 5.31. The van der Waals surface area contributed by atoms with E-state index in [9.17, 15) is 9.36 Å². The van der Waals surface area contributed by atoms with Crippen LogP contribution in [0.5, 0.6) is 0 Å². The Hall–Kier alpha value is -0.340. The van der Waals surface area contributed by atoms with Crippen molar-refractivity contribution in [3.05, 3.63) is 0 Å². The van der Waals surface area contributed by atoms with E-state index in [1.54, 1.807) is 13.8 Å². The van der Waals surface area contributed by atoms with E-state index in [1.165, 1.54) is 13.8 Å². The zero-order chi connectivity index (χ0) is 9.07. The summed E-state index contributed by atoms with van der Waals surface area (Å²) < 4.78 is 20.4. The molecule has 0 aliphatic rings. The number of rotatable bonds is 3. The minimum Gasteiger partial charge on any atom is -0.462 e. The van der Waals surface area contributed by atoms with Gasteiger partial charge in [0, 0.05) is 6.66 Å². The van der Waals surface area contributed by atoms with Crippen LogP contribution < -0.4 is 0 Å². The Morgan fingerprint density at radius 3 is 2.18 bits per heavy atom. The molecule has 1 atom stereocenters. The largest absolute Gasteiger partial charge is 0.462 e. The standard InChI is InChI=1S/C6H13O4P/c1-5(2)10-11(4,8)6(7)9-3/h5H,1-4H3. The van der Waals surface area contributed by atoms with Crippen molar-refractivity contribution in [1.82, 2.24) is 0 Å². The highest BCUT2D eigenvalue weighted by atomic mass is 31.2. The highest BCUT2D eigenvalue weighted by Crippen LogP contribution is 2.45. The van der Waals surface area contributed by atoms with Gasteiger partial charge in [0.25, 0.3) is 0 Å². The lowest BCUT2D eigenvalue weighted by molar-refractivity contribution is 0.182. The molecule has 0 amide bonds. The fourth-order valence-corrected chi connectivity index (χ4v) is 1.83. The molecule has 0 aromatic rings. The predicted molar refractivity (Wildman–Crippen MR) is 42.2 cm³/mol. The third-order valence-electron chi connectivity index (χ3n) is 0.918. The normalized spacial score (nSPS) is 16.1. The third kappa shape index (κ3) is 3.54. The van der Waals surface area contributed by atoms with E-state index in [2.05, 4.69) is 4.74 Å². The molecule has 0 aromatic carbocycles. The highest BCUT2D eigenvalue weighted by Gasteiger charge is 2.28. The lowest BCUT2D eigenvalue weighted by Gasteiger charge is -2.13. The van der Waals surface area contributed by atoms with Crippen molar-refractivity contribution in [2.24, 2.45) is 0 Å². The number of hydrogen-bond acceptors (Lipinski definition) is 4. The molecule has 0 bridgehead atoms. The summed E-state index contributed by atoms with van der Waals surface area (Å²) in [5, 5.41) is 0. The van der Waals surface area contributed by atoms with Crippen LogP contribution in [-0.2, 0) is 13.8 Å². The molecule has 0 aliphatic carbocycles. The van der Waals surface area contributed by atoms with E-state index in [1.807, 2.05) is 0 Å². The first kappa shape index (κ1) is 10.7. The van der Waals surface area contributed by atoms with Crippen molar-refractivity contribution >= 4 is 13.1 Å². The molecule has 5 heteroatoms. The zero-order valence-corrected chi connectivity index (χ0v) is 8.05. The first-order chi connectivity index (χ1) is 4.90. The van der Waals surface area contributed by atoms with Crippen LogP contribution in [0.15, 0.2) is 0 Å². The van der Waals surface area contributed by atoms with Crippen molar-refractivity contribution in [3.63, 3.8) is 0 Å². The summed E-state index contributed by atoms with van der Waals surface area (Å²) in [6.07, 6.45) is -0.232. The maximum absolute atomic E-state index is 11.3. The minimum atomic E-state index is -3.20. The molecular formula is C6H13O4P. The van der Waals surface area contributed by atoms with Gasteiger partial charge in [0.15, 0.2) is 0 Å². The lowest BCUT2D eigenvalue weighted by Crippen LogP contribution is -2.07. The Balaban J connectivity index is 4.23. The van der Waals surface area contributed by atoms with Crippen LogP contribution in [-0.4, -0.2) is 25.6 Å². The van der Waals surface area contributed by atoms with Crippen molar-refractivity contribution in [1.29, 1.82) is 0 Å². The average molecular weight is 180 g/mol. The van der Waals surface area contributed by atoms with Gasteiger partial charge in [-0.15, -0.1) is 0 Å². The maximum atomic E-state index is 11.3. The van der Waals surface area contributed by atoms with Crippen molar-refractivity contribution in [2.75, 3.05) is 13.8 Å². The Morgan fingerprint density at radius 2 is 1.91 bits per heavy atom. The topological polar surface area (TPSA) is 52.6 Å². The molecule has 0 aromatic heterocycles. The van der Waals surface area contributed by atoms with Crippen molar-refractivity contribution in [3.8, 4) is 0 Å². The SMILES string of the molecule is COC(=O)P(C)(=O)OC(C)C. The molecule has 0 radical (unpaired) electrons. The third-order valence-corrected chi connectivity index (χ3v) is 2.59. The molecule has 0 spiro atoms.